The lowest BCUT2D eigenvalue weighted by molar-refractivity contribution is -0.132. The molecule has 1 fully saturated rings. The van der Waals surface area contributed by atoms with E-state index in [0.717, 1.165) is 52.2 Å². The maximum atomic E-state index is 12.2. The number of unbranched alkanes of at least 4 members (excludes halogenated alkanes) is 6. The van der Waals surface area contributed by atoms with E-state index in [1.807, 2.05) is 4.90 Å². The van der Waals surface area contributed by atoms with Crippen LogP contribution in [0.5, 0.6) is 0 Å². The molecule has 1 heterocycles. The first-order valence-corrected chi connectivity index (χ1v) is 9.78. The fourth-order valence-corrected chi connectivity index (χ4v) is 3.18. The minimum atomic E-state index is 0.320. The predicted molar refractivity (Wildman–Crippen MR) is 98.5 cm³/mol. The summed E-state index contributed by atoms with van der Waals surface area (Å²) in [6, 6.07) is 0. The standard InChI is InChI=1S/C19H38N3O/c1-3-5-6-7-8-9-10-15-21(14-4-2)16-11-19(23)22-17-12-20-13-18-22/h20H,2-18H2,1H3. The summed E-state index contributed by atoms with van der Waals surface area (Å²) in [4.78, 5) is 16.7. The molecule has 23 heavy (non-hydrogen) atoms. The van der Waals surface area contributed by atoms with Crippen molar-refractivity contribution in [2.75, 3.05) is 45.8 Å². The second kappa shape index (κ2) is 13.8. The number of hydrogen-bond acceptors (Lipinski definition) is 3. The first-order valence-electron chi connectivity index (χ1n) is 9.78. The second-order valence-corrected chi connectivity index (χ2v) is 6.70. The van der Waals surface area contributed by atoms with Gasteiger partial charge in [0.2, 0.25) is 5.91 Å². The summed E-state index contributed by atoms with van der Waals surface area (Å²) in [5.41, 5.74) is 0. The van der Waals surface area contributed by atoms with Crippen LogP contribution in [-0.2, 0) is 4.79 Å². The monoisotopic (exact) mass is 324 g/mol. The van der Waals surface area contributed by atoms with Crippen LogP contribution in [0.2, 0.25) is 0 Å². The Bertz CT molecular complexity index is 290. The van der Waals surface area contributed by atoms with Crippen molar-refractivity contribution in [3.63, 3.8) is 0 Å². The third-order valence-corrected chi connectivity index (χ3v) is 4.66. The Morgan fingerprint density at radius 2 is 1.65 bits per heavy atom. The molecule has 0 bridgehead atoms. The SMILES string of the molecule is [CH2]CCN(CCCCCCCCC)CCC(=O)N1CCNCC1. The quantitative estimate of drug-likeness (QED) is 0.529. The topological polar surface area (TPSA) is 35.6 Å². The van der Waals surface area contributed by atoms with Gasteiger partial charge in [0.25, 0.3) is 0 Å². The molecule has 1 aliphatic rings. The number of nitrogens with zero attached hydrogens (tertiary/aromatic N) is 2. The molecule has 1 rings (SSSR count). The lowest BCUT2D eigenvalue weighted by Gasteiger charge is -2.29. The summed E-state index contributed by atoms with van der Waals surface area (Å²) >= 11 is 0. The third kappa shape index (κ3) is 9.98. The fourth-order valence-electron chi connectivity index (χ4n) is 3.18. The average Bonchev–Trinajstić information content (AvgIpc) is 2.59. The highest BCUT2D eigenvalue weighted by Crippen LogP contribution is 2.08. The predicted octanol–water partition coefficient (Wildman–Crippen LogP) is 3.09. The Morgan fingerprint density at radius 1 is 1.00 bits per heavy atom. The summed E-state index contributed by atoms with van der Waals surface area (Å²) in [5, 5.41) is 3.29. The van der Waals surface area contributed by atoms with Crippen LogP contribution in [0.3, 0.4) is 0 Å². The molecule has 1 amide bonds. The van der Waals surface area contributed by atoms with Crippen molar-refractivity contribution < 1.29 is 4.79 Å². The van der Waals surface area contributed by atoms with E-state index in [9.17, 15) is 4.79 Å². The van der Waals surface area contributed by atoms with Crippen molar-refractivity contribution in [1.29, 1.82) is 0 Å². The Morgan fingerprint density at radius 3 is 2.30 bits per heavy atom. The van der Waals surface area contributed by atoms with Gasteiger partial charge in [0.1, 0.15) is 0 Å². The molecular formula is C19H38N3O. The van der Waals surface area contributed by atoms with Gasteiger partial charge in [-0.15, -0.1) is 0 Å². The Balaban J connectivity index is 2.11. The summed E-state index contributed by atoms with van der Waals surface area (Å²) < 4.78 is 0. The largest absolute Gasteiger partial charge is 0.340 e. The maximum Gasteiger partial charge on any atom is 0.223 e. The molecule has 0 saturated carbocycles. The average molecular weight is 325 g/mol. The molecule has 1 aliphatic heterocycles. The van der Waals surface area contributed by atoms with Crippen molar-refractivity contribution in [2.45, 2.75) is 64.7 Å². The van der Waals surface area contributed by atoms with E-state index >= 15 is 0 Å². The van der Waals surface area contributed by atoms with Gasteiger partial charge in [-0.25, -0.2) is 0 Å². The summed E-state index contributed by atoms with van der Waals surface area (Å²) in [6.07, 6.45) is 11.0. The number of carbonyl (C=O) groups excluding carboxylic acids is 1. The Hall–Kier alpha value is -0.610. The molecule has 135 valence electrons. The Kier molecular flexibility index (Phi) is 12.3. The van der Waals surface area contributed by atoms with Gasteiger partial charge < -0.3 is 15.1 Å². The van der Waals surface area contributed by atoms with Gasteiger partial charge in [-0.3, -0.25) is 4.79 Å². The van der Waals surface area contributed by atoms with Gasteiger partial charge in [0, 0.05) is 39.1 Å². The zero-order chi connectivity index (χ0) is 16.8. The summed E-state index contributed by atoms with van der Waals surface area (Å²) in [5.74, 6) is 0.320. The molecule has 0 spiro atoms. The van der Waals surface area contributed by atoms with Gasteiger partial charge in [0.15, 0.2) is 0 Å². The number of hydrogen-bond donors (Lipinski definition) is 1. The molecule has 4 heteroatoms. The van der Waals surface area contributed by atoms with E-state index in [0.29, 0.717) is 12.3 Å². The van der Waals surface area contributed by atoms with Gasteiger partial charge in [-0.1, -0.05) is 52.4 Å². The number of amides is 1. The van der Waals surface area contributed by atoms with Gasteiger partial charge in [-0.2, -0.15) is 0 Å². The Labute approximate surface area is 144 Å². The highest BCUT2D eigenvalue weighted by Gasteiger charge is 2.16. The van der Waals surface area contributed by atoms with Crippen molar-refractivity contribution in [2.24, 2.45) is 0 Å². The lowest BCUT2D eigenvalue weighted by Crippen LogP contribution is -2.47. The molecule has 0 aromatic rings. The van der Waals surface area contributed by atoms with E-state index < -0.39 is 0 Å². The van der Waals surface area contributed by atoms with Crippen molar-refractivity contribution in [3.05, 3.63) is 6.92 Å². The third-order valence-electron chi connectivity index (χ3n) is 4.66. The summed E-state index contributed by atoms with van der Waals surface area (Å²) in [6.45, 7) is 12.9. The number of carbonyl (C=O) groups is 1. The van der Waals surface area contributed by atoms with Crippen LogP contribution in [0.1, 0.15) is 64.7 Å². The molecule has 4 nitrogen and oxygen atoms in total. The smallest absolute Gasteiger partial charge is 0.223 e. The molecule has 1 radical (unpaired) electrons. The number of rotatable bonds is 13. The first kappa shape index (κ1) is 20.4. The van der Waals surface area contributed by atoms with E-state index in [1.54, 1.807) is 0 Å². The highest BCUT2D eigenvalue weighted by atomic mass is 16.2. The summed E-state index contributed by atoms with van der Waals surface area (Å²) in [7, 11) is 0. The van der Waals surface area contributed by atoms with Gasteiger partial charge in [0.05, 0.1) is 0 Å². The molecule has 0 atom stereocenters. The van der Waals surface area contributed by atoms with Crippen LogP contribution in [0, 0.1) is 6.92 Å². The molecule has 0 aromatic heterocycles. The number of nitrogens with one attached hydrogen (secondary N) is 1. The van der Waals surface area contributed by atoms with Crippen LogP contribution >= 0.6 is 0 Å². The van der Waals surface area contributed by atoms with E-state index in [1.165, 1.54) is 44.9 Å². The fraction of sp³-hybridized carbons (Fsp3) is 0.895. The van der Waals surface area contributed by atoms with Gasteiger partial charge >= 0.3 is 0 Å². The minimum Gasteiger partial charge on any atom is -0.340 e. The van der Waals surface area contributed by atoms with Crippen LogP contribution in [0.15, 0.2) is 0 Å². The number of piperazine rings is 1. The van der Waals surface area contributed by atoms with Crippen LogP contribution in [-0.4, -0.2) is 61.5 Å². The molecular weight excluding hydrogens is 286 g/mol. The minimum absolute atomic E-state index is 0.320. The van der Waals surface area contributed by atoms with E-state index in [-0.39, 0.29) is 0 Å². The van der Waals surface area contributed by atoms with Gasteiger partial charge in [-0.05, 0) is 25.9 Å². The second-order valence-electron chi connectivity index (χ2n) is 6.70. The first-order chi connectivity index (χ1) is 11.3. The van der Waals surface area contributed by atoms with E-state index in [4.69, 9.17) is 0 Å². The van der Waals surface area contributed by atoms with E-state index in [2.05, 4.69) is 24.1 Å². The molecule has 1 saturated heterocycles. The zero-order valence-corrected chi connectivity index (χ0v) is 15.3. The van der Waals surface area contributed by atoms with Crippen molar-refractivity contribution in [3.8, 4) is 0 Å². The van der Waals surface area contributed by atoms with Crippen LogP contribution in [0.4, 0.5) is 0 Å². The normalized spacial score (nSPS) is 15.3. The molecule has 1 N–H and O–H groups in total. The maximum absolute atomic E-state index is 12.2. The zero-order valence-electron chi connectivity index (χ0n) is 15.3. The molecule has 0 aromatic carbocycles. The van der Waals surface area contributed by atoms with Crippen molar-refractivity contribution >= 4 is 5.91 Å². The lowest BCUT2D eigenvalue weighted by atomic mass is 10.1. The molecule has 0 unspecified atom stereocenters. The molecule has 0 aliphatic carbocycles. The van der Waals surface area contributed by atoms with Crippen molar-refractivity contribution in [1.82, 2.24) is 15.1 Å². The van der Waals surface area contributed by atoms with Crippen LogP contribution < -0.4 is 5.32 Å². The highest BCUT2D eigenvalue weighted by molar-refractivity contribution is 5.76. The van der Waals surface area contributed by atoms with Crippen LogP contribution in [0.25, 0.3) is 0 Å².